The number of rotatable bonds is 3. The Morgan fingerprint density at radius 2 is 1.59 bits per heavy atom. The fraction of sp³-hybridized carbons (Fsp3) is 0.385. The van der Waals surface area contributed by atoms with Crippen LogP contribution in [0.1, 0.15) is 21.6 Å². The molecule has 3 heterocycles. The van der Waals surface area contributed by atoms with Gasteiger partial charge in [-0.3, -0.25) is 9.69 Å². The number of pyridine rings is 1. The third-order valence-electron chi connectivity index (χ3n) is 7.17. The van der Waals surface area contributed by atoms with E-state index in [9.17, 15) is 36.2 Å². The number of halogens is 7. The first-order chi connectivity index (χ1) is 18.3. The number of aliphatic hydroxyl groups is 1. The summed E-state index contributed by atoms with van der Waals surface area (Å²) >= 11 is 5.89. The standard InChI is InChI=1S/C26H23ClF6N4O2/c27-16-6-4-15(5-7-16)24(39)36-10-8-35(9-11-36)20-13-37(14-21(20)38)19-12-22(26(31,32)33)34-23-17(19)2-1-3-18(23)25(28,29)30/h1-7,12,20-21,38H,8-11,13-14H2/t20?,21-/m0/s1. The van der Waals surface area contributed by atoms with Gasteiger partial charge in [0.1, 0.15) is 5.69 Å². The van der Waals surface area contributed by atoms with E-state index in [-0.39, 0.29) is 30.1 Å². The second-order valence-corrected chi connectivity index (χ2v) is 10.0. The van der Waals surface area contributed by atoms with Crippen LogP contribution in [0.4, 0.5) is 32.0 Å². The van der Waals surface area contributed by atoms with E-state index < -0.39 is 41.3 Å². The molecule has 1 N–H and O–H groups in total. The van der Waals surface area contributed by atoms with Gasteiger partial charge in [0.05, 0.1) is 23.2 Å². The quantitative estimate of drug-likeness (QED) is 0.451. The smallest absolute Gasteiger partial charge is 0.390 e. The zero-order valence-corrected chi connectivity index (χ0v) is 21.1. The monoisotopic (exact) mass is 572 g/mol. The van der Waals surface area contributed by atoms with Gasteiger partial charge in [-0.05, 0) is 36.4 Å². The molecule has 3 aromatic rings. The maximum atomic E-state index is 13.6. The molecule has 2 fully saturated rings. The number of benzene rings is 2. The van der Waals surface area contributed by atoms with Crippen molar-refractivity contribution in [1.82, 2.24) is 14.8 Å². The molecular formula is C26H23ClF6N4O2. The summed E-state index contributed by atoms with van der Waals surface area (Å²) in [6, 6.07) is 9.89. The van der Waals surface area contributed by atoms with Gasteiger partial charge in [0.2, 0.25) is 0 Å². The molecule has 2 aromatic carbocycles. The number of carbonyl (C=O) groups is 1. The summed E-state index contributed by atoms with van der Waals surface area (Å²) in [5.74, 6) is -0.164. The van der Waals surface area contributed by atoms with Crippen LogP contribution in [0.3, 0.4) is 0 Å². The molecule has 0 radical (unpaired) electrons. The number of para-hydroxylation sites is 1. The second-order valence-electron chi connectivity index (χ2n) is 9.60. The average Bonchev–Trinajstić information content (AvgIpc) is 3.28. The largest absolute Gasteiger partial charge is 0.433 e. The van der Waals surface area contributed by atoms with E-state index in [1.165, 1.54) is 11.0 Å². The minimum Gasteiger partial charge on any atom is -0.390 e. The molecule has 13 heteroatoms. The Balaban J connectivity index is 1.37. The SMILES string of the molecule is O=C(c1ccc(Cl)cc1)N1CCN(C2CN(c3cc(C(F)(F)F)nc4c(C(F)(F)F)cccc34)C[C@@H]2O)CC1. The molecule has 0 saturated carbocycles. The number of piperazine rings is 1. The van der Waals surface area contributed by atoms with Crippen molar-refractivity contribution in [2.24, 2.45) is 0 Å². The van der Waals surface area contributed by atoms with Crippen molar-refractivity contribution >= 4 is 34.1 Å². The Morgan fingerprint density at radius 3 is 2.21 bits per heavy atom. The first-order valence-corrected chi connectivity index (χ1v) is 12.5. The van der Waals surface area contributed by atoms with Crippen molar-refractivity contribution in [3.63, 3.8) is 0 Å². The van der Waals surface area contributed by atoms with Crippen molar-refractivity contribution in [3.8, 4) is 0 Å². The Kier molecular flexibility index (Phi) is 7.15. The van der Waals surface area contributed by atoms with Gasteiger partial charge >= 0.3 is 12.4 Å². The highest BCUT2D eigenvalue weighted by atomic mass is 35.5. The molecule has 1 amide bonds. The maximum absolute atomic E-state index is 13.6. The Bertz CT molecular complexity index is 1370. The first kappa shape index (κ1) is 27.5. The van der Waals surface area contributed by atoms with Gasteiger partial charge in [-0.2, -0.15) is 26.3 Å². The predicted octanol–water partition coefficient (Wildman–Crippen LogP) is 4.93. The summed E-state index contributed by atoms with van der Waals surface area (Å²) in [6.07, 6.45) is -10.8. The van der Waals surface area contributed by atoms with Crippen LogP contribution >= 0.6 is 11.6 Å². The minimum absolute atomic E-state index is 0.0682. The number of hydrogen-bond donors (Lipinski definition) is 1. The molecule has 208 valence electrons. The fourth-order valence-electron chi connectivity index (χ4n) is 5.22. The molecule has 0 bridgehead atoms. The summed E-state index contributed by atoms with van der Waals surface area (Å²) in [4.78, 5) is 21.2. The lowest BCUT2D eigenvalue weighted by atomic mass is 10.1. The van der Waals surface area contributed by atoms with Crippen molar-refractivity contribution in [2.45, 2.75) is 24.5 Å². The predicted molar refractivity (Wildman–Crippen MR) is 133 cm³/mol. The Morgan fingerprint density at radius 1 is 0.923 bits per heavy atom. The van der Waals surface area contributed by atoms with Crippen molar-refractivity contribution in [1.29, 1.82) is 0 Å². The topological polar surface area (TPSA) is 59.9 Å². The number of fused-ring (bicyclic) bond motifs is 1. The summed E-state index contributed by atoms with van der Waals surface area (Å²) in [5.41, 5.74) is -3.07. The second kappa shape index (κ2) is 10.1. The van der Waals surface area contributed by atoms with Gasteiger partial charge in [0.15, 0.2) is 0 Å². The van der Waals surface area contributed by atoms with Gasteiger partial charge in [0, 0.05) is 60.9 Å². The molecule has 2 atom stereocenters. The van der Waals surface area contributed by atoms with E-state index in [4.69, 9.17) is 11.6 Å². The molecule has 2 aliphatic heterocycles. The Hall–Kier alpha value is -3.09. The fourth-order valence-corrected chi connectivity index (χ4v) is 5.35. The van der Waals surface area contributed by atoms with E-state index in [1.54, 1.807) is 29.2 Å². The highest BCUT2D eigenvalue weighted by Gasteiger charge is 2.41. The maximum Gasteiger partial charge on any atom is 0.433 e. The molecule has 0 spiro atoms. The molecular weight excluding hydrogens is 550 g/mol. The number of alkyl halides is 6. The Labute approximate surface area is 224 Å². The zero-order valence-electron chi connectivity index (χ0n) is 20.3. The molecule has 39 heavy (non-hydrogen) atoms. The summed E-state index contributed by atoms with van der Waals surface area (Å²) in [7, 11) is 0. The third-order valence-corrected chi connectivity index (χ3v) is 7.43. The van der Waals surface area contributed by atoms with Crippen LogP contribution in [0.5, 0.6) is 0 Å². The number of carbonyl (C=O) groups excluding carboxylic acids is 1. The molecule has 5 rings (SSSR count). The van der Waals surface area contributed by atoms with Gasteiger partial charge < -0.3 is 14.9 Å². The third kappa shape index (κ3) is 5.50. The number of anilines is 1. The van der Waals surface area contributed by atoms with Gasteiger partial charge in [0.25, 0.3) is 5.91 Å². The lowest BCUT2D eigenvalue weighted by Crippen LogP contribution is -2.54. The van der Waals surface area contributed by atoms with Crippen LogP contribution in [0.25, 0.3) is 10.9 Å². The lowest BCUT2D eigenvalue weighted by Gasteiger charge is -2.38. The highest BCUT2D eigenvalue weighted by Crippen LogP contribution is 2.41. The van der Waals surface area contributed by atoms with Crippen molar-refractivity contribution < 1.29 is 36.2 Å². The summed E-state index contributed by atoms with van der Waals surface area (Å²) in [5, 5.41) is 11.3. The van der Waals surface area contributed by atoms with Gasteiger partial charge in [-0.15, -0.1) is 0 Å². The number of amides is 1. The van der Waals surface area contributed by atoms with Crippen molar-refractivity contribution in [2.75, 3.05) is 44.2 Å². The van der Waals surface area contributed by atoms with E-state index in [0.29, 0.717) is 42.8 Å². The number of hydrogen-bond acceptors (Lipinski definition) is 5. The molecule has 2 saturated heterocycles. The van der Waals surface area contributed by atoms with Crippen LogP contribution in [-0.2, 0) is 12.4 Å². The average molecular weight is 573 g/mol. The van der Waals surface area contributed by atoms with Gasteiger partial charge in [-0.1, -0.05) is 23.7 Å². The van der Waals surface area contributed by atoms with Crippen LogP contribution in [-0.4, -0.2) is 77.2 Å². The van der Waals surface area contributed by atoms with E-state index >= 15 is 0 Å². The lowest BCUT2D eigenvalue weighted by molar-refractivity contribution is -0.142. The van der Waals surface area contributed by atoms with Crippen LogP contribution in [0, 0.1) is 0 Å². The van der Waals surface area contributed by atoms with E-state index in [2.05, 4.69) is 4.98 Å². The molecule has 2 aliphatic rings. The van der Waals surface area contributed by atoms with E-state index in [1.807, 2.05) is 4.90 Å². The zero-order chi connectivity index (χ0) is 28.1. The number of aliphatic hydroxyl groups excluding tert-OH is 1. The summed E-state index contributed by atoms with van der Waals surface area (Å²) in [6.45, 7) is 1.60. The van der Waals surface area contributed by atoms with Crippen LogP contribution in [0.2, 0.25) is 5.02 Å². The van der Waals surface area contributed by atoms with Crippen molar-refractivity contribution in [3.05, 3.63) is 70.4 Å². The molecule has 1 unspecified atom stereocenters. The normalized spacial score (nSPS) is 21.1. The molecule has 0 aliphatic carbocycles. The number of aromatic nitrogens is 1. The number of β-amino-alcohol motifs (C(OH)–C–C–N with tert-alkyl or cyclic N) is 1. The molecule has 6 nitrogen and oxygen atoms in total. The summed E-state index contributed by atoms with van der Waals surface area (Å²) < 4.78 is 81.8. The number of nitrogens with zero attached hydrogens (tertiary/aromatic N) is 4. The van der Waals surface area contributed by atoms with E-state index in [0.717, 1.165) is 12.1 Å². The molecule has 1 aromatic heterocycles. The van der Waals surface area contributed by atoms with Crippen LogP contribution in [0.15, 0.2) is 48.5 Å². The minimum atomic E-state index is -4.97. The first-order valence-electron chi connectivity index (χ1n) is 12.1. The van der Waals surface area contributed by atoms with Crippen LogP contribution < -0.4 is 4.90 Å². The van der Waals surface area contributed by atoms with Gasteiger partial charge in [-0.25, -0.2) is 4.98 Å². The highest BCUT2D eigenvalue weighted by molar-refractivity contribution is 6.30.